The van der Waals surface area contributed by atoms with Gasteiger partial charge in [-0.3, -0.25) is 19.3 Å². The van der Waals surface area contributed by atoms with E-state index >= 15 is 0 Å². The van der Waals surface area contributed by atoms with Crippen molar-refractivity contribution >= 4 is 40.7 Å². The van der Waals surface area contributed by atoms with Crippen LogP contribution in [0.3, 0.4) is 0 Å². The first-order valence-corrected chi connectivity index (χ1v) is 9.96. The lowest BCUT2D eigenvalue weighted by atomic mass is 9.78. The van der Waals surface area contributed by atoms with Gasteiger partial charge >= 0.3 is 0 Å². The van der Waals surface area contributed by atoms with E-state index in [0.717, 1.165) is 5.56 Å². The lowest BCUT2D eigenvalue weighted by molar-refractivity contribution is -0.122. The van der Waals surface area contributed by atoms with Gasteiger partial charge < -0.3 is 5.32 Å². The van der Waals surface area contributed by atoms with Gasteiger partial charge in [-0.1, -0.05) is 36.7 Å². The lowest BCUT2D eigenvalue weighted by Crippen LogP contribution is -2.31. The maximum absolute atomic E-state index is 12.9. The summed E-state index contributed by atoms with van der Waals surface area (Å²) < 4.78 is 0. The fraction of sp³-hybridized carbons (Fsp3) is 0.261. The molecule has 29 heavy (non-hydrogen) atoms. The van der Waals surface area contributed by atoms with Crippen LogP contribution in [0.1, 0.15) is 29.3 Å². The molecule has 0 aromatic heterocycles. The largest absolute Gasteiger partial charge is 0.322 e. The maximum Gasteiger partial charge on any atom is 0.255 e. The van der Waals surface area contributed by atoms with Crippen molar-refractivity contribution in [3.8, 4) is 0 Å². The third kappa shape index (κ3) is 3.47. The van der Waals surface area contributed by atoms with Crippen molar-refractivity contribution < 1.29 is 14.4 Å². The molecular weight excluding hydrogens is 388 g/mol. The van der Waals surface area contributed by atoms with Gasteiger partial charge in [0.25, 0.3) is 5.91 Å². The zero-order chi connectivity index (χ0) is 20.7. The average molecular weight is 409 g/mol. The quantitative estimate of drug-likeness (QED) is 0.596. The highest BCUT2D eigenvalue weighted by atomic mass is 35.5. The number of anilines is 2. The van der Waals surface area contributed by atoms with Crippen LogP contribution in [-0.2, 0) is 9.59 Å². The third-order valence-corrected chi connectivity index (χ3v) is 5.94. The lowest BCUT2D eigenvalue weighted by Gasteiger charge is -2.22. The van der Waals surface area contributed by atoms with E-state index < -0.39 is 0 Å². The predicted molar refractivity (Wildman–Crippen MR) is 113 cm³/mol. The molecule has 0 saturated carbocycles. The molecule has 148 valence electrons. The van der Waals surface area contributed by atoms with Gasteiger partial charge in [0.2, 0.25) is 11.8 Å². The molecule has 0 bridgehead atoms. The number of carbonyl (C=O) groups is 3. The number of hydrogen-bond donors (Lipinski definition) is 1. The van der Waals surface area contributed by atoms with Crippen molar-refractivity contribution in [2.24, 2.45) is 17.8 Å². The van der Waals surface area contributed by atoms with E-state index in [1.165, 1.54) is 4.90 Å². The van der Waals surface area contributed by atoms with E-state index in [-0.39, 0.29) is 35.5 Å². The van der Waals surface area contributed by atoms with Crippen molar-refractivity contribution in [1.29, 1.82) is 0 Å². The minimum absolute atomic E-state index is 0.0428. The molecule has 6 heteroatoms. The van der Waals surface area contributed by atoms with E-state index in [0.29, 0.717) is 28.4 Å². The number of amides is 3. The standard InChI is InChI=1S/C23H21ClN2O3/c1-13-6-9-16(24)12-19(13)25-21(27)15-7-10-17(11-8-15)26-22(28)18-5-3-4-14(2)20(18)23(26)29/h3-4,6-12,14,18,20H,5H2,1-2H3,(H,25,27)/t14-,18-,20+/m1/s1. The average Bonchev–Trinajstić information content (AvgIpc) is 2.96. The topological polar surface area (TPSA) is 66.5 Å². The first-order valence-electron chi connectivity index (χ1n) is 9.59. The second-order valence-corrected chi connectivity index (χ2v) is 8.06. The second-order valence-electron chi connectivity index (χ2n) is 7.63. The van der Waals surface area contributed by atoms with Gasteiger partial charge in [0.05, 0.1) is 17.5 Å². The summed E-state index contributed by atoms with van der Waals surface area (Å²) in [5.41, 5.74) is 2.47. The highest BCUT2D eigenvalue weighted by molar-refractivity contribution is 6.31. The number of aryl methyl sites for hydroxylation is 1. The fourth-order valence-corrected chi connectivity index (χ4v) is 4.26. The Morgan fingerprint density at radius 3 is 2.52 bits per heavy atom. The van der Waals surface area contributed by atoms with Crippen LogP contribution in [0.5, 0.6) is 0 Å². The number of nitrogens with one attached hydrogen (secondary N) is 1. The Morgan fingerprint density at radius 1 is 1.10 bits per heavy atom. The Balaban J connectivity index is 1.54. The highest BCUT2D eigenvalue weighted by Gasteiger charge is 2.50. The van der Waals surface area contributed by atoms with Crippen LogP contribution >= 0.6 is 11.6 Å². The molecule has 0 unspecified atom stereocenters. The van der Waals surface area contributed by atoms with Crippen LogP contribution in [0.2, 0.25) is 5.02 Å². The van der Waals surface area contributed by atoms with E-state index in [4.69, 9.17) is 11.6 Å². The Morgan fingerprint density at radius 2 is 1.83 bits per heavy atom. The maximum atomic E-state index is 12.9. The first kappa shape index (κ1) is 19.4. The number of nitrogens with zero attached hydrogens (tertiary/aromatic N) is 1. The Hall–Kier alpha value is -2.92. The summed E-state index contributed by atoms with van der Waals surface area (Å²) in [7, 11) is 0. The smallest absolute Gasteiger partial charge is 0.255 e. The van der Waals surface area contributed by atoms with Gasteiger partial charge in [-0.05, 0) is 61.2 Å². The summed E-state index contributed by atoms with van der Waals surface area (Å²) >= 11 is 6.00. The molecule has 1 fully saturated rings. The predicted octanol–water partition coefficient (Wildman–Crippen LogP) is 4.60. The Labute approximate surface area is 174 Å². The van der Waals surface area contributed by atoms with Crippen LogP contribution in [0.4, 0.5) is 11.4 Å². The molecule has 1 N–H and O–H groups in total. The minimum Gasteiger partial charge on any atom is -0.322 e. The molecule has 2 aromatic carbocycles. The Kier molecular flexibility index (Phi) is 5.01. The van der Waals surface area contributed by atoms with Gasteiger partial charge in [0, 0.05) is 16.3 Å². The number of fused-ring (bicyclic) bond motifs is 1. The number of benzene rings is 2. The van der Waals surface area contributed by atoms with Crippen molar-refractivity contribution in [2.75, 3.05) is 10.2 Å². The third-order valence-electron chi connectivity index (χ3n) is 5.71. The van der Waals surface area contributed by atoms with Crippen molar-refractivity contribution in [1.82, 2.24) is 0 Å². The monoisotopic (exact) mass is 408 g/mol. The van der Waals surface area contributed by atoms with Crippen LogP contribution in [0.15, 0.2) is 54.6 Å². The summed E-state index contributed by atoms with van der Waals surface area (Å²) in [6.07, 6.45) is 4.57. The SMILES string of the molecule is Cc1ccc(Cl)cc1NC(=O)c1ccc(N2C(=O)[C@H]3[C@H](C)C=CC[C@H]3C2=O)cc1. The molecule has 0 radical (unpaired) electrons. The molecule has 5 nitrogen and oxygen atoms in total. The number of halogens is 1. The van der Waals surface area contributed by atoms with Gasteiger partial charge in [-0.15, -0.1) is 0 Å². The second kappa shape index (κ2) is 7.48. The highest BCUT2D eigenvalue weighted by Crippen LogP contribution is 2.40. The van der Waals surface area contributed by atoms with Crippen LogP contribution < -0.4 is 10.2 Å². The number of imide groups is 1. The molecule has 1 saturated heterocycles. The first-order chi connectivity index (χ1) is 13.9. The van der Waals surface area contributed by atoms with Crippen molar-refractivity contribution in [3.05, 3.63) is 70.8 Å². The molecule has 4 rings (SSSR count). The summed E-state index contributed by atoms with van der Waals surface area (Å²) in [4.78, 5) is 39.5. The van der Waals surface area contributed by atoms with Gasteiger partial charge in [0.1, 0.15) is 0 Å². The summed E-state index contributed by atoms with van der Waals surface area (Å²) in [6.45, 7) is 3.85. The van der Waals surface area contributed by atoms with E-state index in [1.54, 1.807) is 36.4 Å². The zero-order valence-electron chi connectivity index (χ0n) is 16.2. The fourth-order valence-electron chi connectivity index (χ4n) is 4.09. The minimum atomic E-state index is -0.304. The number of hydrogen-bond acceptors (Lipinski definition) is 3. The van der Waals surface area contributed by atoms with Crippen LogP contribution in [0.25, 0.3) is 0 Å². The van der Waals surface area contributed by atoms with Crippen molar-refractivity contribution in [2.45, 2.75) is 20.3 Å². The van der Waals surface area contributed by atoms with Crippen LogP contribution in [-0.4, -0.2) is 17.7 Å². The molecule has 3 amide bonds. The zero-order valence-corrected chi connectivity index (χ0v) is 16.9. The summed E-state index contributed by atoms with van der Waals surface area (Å²) in [6, 6.07) is 11.8. The number of rotatable bonds is 3. The molecule has 1 heterocycles. The van der Waals surface area contributed by atoms with E-state index in [9.17, 15) is 14.4 Å². The van der Waals surface area contributed by atoms with E-state index in [1.807, 2.05) is 32.1 Å². The van der Waals surface area contributed by atoms with Crippen LogP contribution in [0, 0.1) is 24.7 Å². The Bertz CT molecular complexity index is 1030. The molecule has 1 aliphatic heterocycles. The molecule has 3 atom stereocenters. The van der Waals surface area contributed by atoms with Gasteiger partial charge in [0.15, 0.2) is 0 Å². The molecule has 0 spiro atoms. The van der Waals surface area contributed by atoms with Crippen molar-refractivity contribution in [3.63, 3.8) is 0 Å². The molecule has 2 aromatic rings. The molecule has 2 aliphatic rings. The normalized spacial score (nSPS) is 23.3. The van der Waals surface area contributed by atoms with E-state index in [2.05, 4.69) is 5.32 Å². The summed E-state index contributed by atoms with van der Waals surface area (Å²) in [5.74, 6) is -1.17. The van der Waals surface area contributed by atoms with Gasteiger partial charge in [-0.2, -0.15) is 0 Å². The van der Waals surface area contributed by atoms with Gasteiger partial charge in [-0.25, -0.2) is 0 Å². The molecular formula is C23H21ClN2O3. The summed E-state index contributed by atoms with van der Waals surface area (Å²) in [5, 5.41) is 3.38. The number of allylic oxidation sites excluding steroid dienone is 2. The molecule has 1 aliphatic carbocycles. The number of carbonyl (C=O) groups excluding carboxylic acids is 3.